The van der Waals surface area contributed by atoms with Crippen LogP contribution in [0.5, 0.6) is 5.75 Å². The van der Waals surface area contributed by atoms with Crippen LogP contribution >= 0.6 is 23.2 Å². The molecule has 0 aromatic heterocycles. The second-order valence-electron chi connectivity index (χ2n) is 5.37. The van der Waals surface area contributed by atoms with Crippen LogP contribution in [0, 0.1) is 5.92 Å². The van der Waals surface area contributed by atoms with Gasteiger partial charge in [-0.25, -0.2) is 4.79 Å². The van der Waals surface area contributed by atoms with Crippen molar-refractivity contribution in [1.82, 2.24) is 10.2 Å². The van der Waals surface area contributed by atoms with Gasteiger partial charge in [-0.15, -0.1) is 0 Å². The number of aliphatic hydroxyl groups excluding tert-OH is 1. The number of nitrogens with one attached hydrogen (secondary N) is 1. The van der Waals surface area contributed by atoms with Gasteiger partial charge in [-0.1, -0.05) is 29.3 Å². The van der Waals surface area contributed by atoms with Gasteiger partial charge in [0.1, 0.15) is 17.4 Å². The van der Waals surface area contributed by atoms with E-state index in [1.54, 1.807) is 30.0 Å². The predicted octanol–water partition coefficient (Wildman–Crippen LogP) is 2.78. The van der Waals surface area contributed by atoms with Crippen molar-refractivity contribution in [1.29, 1.82) is 0 Å². The first-order chi connectivity index (χ1) is 10.5. The second-order valence-corrected chi connectivity index (χ2v) is 6.15. The highest BCUT2D eigenvalue weighted by Gasteiger charge is 2.28. The maximum atomic E-state index is 12.0. The molecule has 1 saturated heterocycles. The van der Waals surface area contributed by atoms with E-state index in [0.29, 0.717) is 42.0 Å². The van der Waals surface area contributed by atoms with Crippen molar-refractivity contribution < 1.29 is 14.6 Å². The van der Waals surface area contributed by atoms with Crippen molar-refractivity contribution in [3.8, 4) is 5.75 Å². The summed E-state index contributed by atoms with van der Waals surface area (Å²) in [6.45, 7) is 3.69. The molecule has 122 valence electrons. The summed E-state index contributed by atoms with van der Waals surface area (Å²) in [6, 6.07) is 5.03. The van der Waals surface area contributed by atoms with Crippen LogP contribution < -0.4 is 10.1 Å². The molecule has 1 aliphatic rings. The Morgan fingerprint density at radius 2 is 2.32 bits per heavy atom. The quantitative estimate of drug-likeness (QED) is 0.806. The molecule has 0 radical (unpaired) electrons. The van der Waals surface area contributed by atoms with Gasteiger partial charge in [0.2, 0.25) is 0 Å². The first-order valence-corrected chi connectivity index (χ1v) is 8.02. The molecular formula is C15H20Cl2N2O3. The van der Waals surface area contributed by atoms with Gasteiger partial charge in [-0.2, -0.15) is 0 Å². The Kier molecular flexibility index (Phi) is 6.17. The molecule has 1 aliphatic heterocycles. The fourth-order valence-electron chi connectivity index (χ4n) is 2.39. The predicted molar refractivity (Wildman–Crippen MR) is 86.7 cm³/mol. The highest BCUT2D eigenvalue weighted by molar-refractivity contribution is 6.42. The number of amides is 2. The van der Waals surface area contributed by atoms with Crippen molar-refractivity contribution in [3.05, 3.63) is 28.2 Å². The van der Waals surface area contributed by atoms with Crippen molar-refractivity contribution in [2.24, 2.45) is 5.92 Å². The van der Waals surface area contributed by atoms with Gasteiger partial charge >= 0.3 is 6.03 Å². The zero-order chi connectivity index (χ0) is 16.1. The third kappa shape index (κ3) is 4.41. The summed E-state index contributed by atoms with van der Waals surface area (Å²) in [5.41, 5.74) is 0. The van der Waals surface area contributed by atoms with E-state index in [4.69, 9.17) is 27.9 Å². The lowest BCUT2D eigenvalue weighted by atomic mass is 10.0. The van der Waals surface area contributed by atoms with Gasteiger partial charge in [0.05, 0.1) is 17.7 Å². The fourth-order valence-corrected chi connectivity index (χ4v) is 2.74. The Labute approximate surface area is 140 Å². The molecule has 2 N–H and O–H groups in total. The summed E-state index contributed by atoms with van der Waals surface area (Å²) in [5, 5.41) is 13.1. The number of aliphatic hydroxyl groups is 1. The molecule has 0 unspecified atom stereocenters. The van der Waals surface area contributed by atoms with E-state index in [1.165, 1.54) is 0 Å². The number of benzene rings is 1. The zero-order valence-corrected chi connectivity index (χ0v) is 13.9. The Morgan fingerprint density at radius 3 is 3.00 bits per heavy atom. The third-order valence-electron chi connectivity index (χ3n) is 3.75. The summed E-state index contributed by atoms with van der Waals surface area (Å²) in [4.78, 5) is 13.7. The number of rotatable bonds is 5. The molecule has 1 fully saturated rings. The van der Waals surface area contributed by atoms with Crippen LogP contribution in [0.3, 0.4) is 0 Å². The van der Waals surface area contributed by atoms with E-state index in [2.05, 4.69) is 5.32 Å². The van der Waals surface area contributed by atoms with Crippen molar-refractivity contribution >= 4 is 29.2 Å². The fraction of sp³-hybridized carbons (Fsp3) is 0.533. The highest BCUT2D eigenvalue weighted by Crippen LogP contribution is 2.31. The van der Waals surface area contributed by atoms with E-state index in [-0.39, 0.29) is 18.1 Å². The summed E-state index contributed by atoms with van der Waals surface area (Å²) >= 11 is 11.9. The number of likely N-dealkylation sites (tertiary alicyclic amines) is 1. The van der Waals surface area contributed by atoms with Gasteiger partial charge in [0, 0.05) is 19.0 Å². The van der Waals surface area contributed by atoms with E-state index >= 15 is 0 Å². The minimum Gasteiger partial charge on any atom is -0.490 e. The largest absolute Gasteiger partial charge is 0.490 e. The molecule has 1 aromatic rings. The van der Waals surface area contributed by atoms with Gasteiger partial charge in [-0.05, 0) is 25.5 Å². The normalized spacial score (nSPS) is 19.1. The van der Waals surface area contributed by atoms with Crippen molar-refractivity contribution in [2.45, 2.75) is 19.4 Å². The topological polar surface area (TPSA) is 61.8 Å². The van der Waals surface area contributed by atoms with Crippen LogP contribution in [-0.2, 0) is 0 Å². The first kappa shape index (κ1) is 17.2. The zero-order valence-electron chi connectivity index (χ0n) is 12.4. The second kappa shape index (κ2) is 7.90. The average molecular weight is 347 g/mol. The highest BCUT2D eigenvalue weighted by atomic mass is 35.5. The monoisotopic (exact) mass is 346 g/mol. The number of carbonyl (C=O) groups is 1. The van der Waals surface area contributed by atoms with Crippen LogP contribution in [-0.4, -0.2) is 48.4 Å². The molecule has 2 amide bonds. The number of hydrogen-bond acceptors (Lipinski definition) is 3. The molecule has 0 bridgehead atoms. The maximum absolute atomic E-state index is 12.0. The van der Waals surface area contributed by atoms with Crippen LogP contribution in [0.2, 0.25) is 10.0 Å². The number of carbonyl (C=O) groups excluding carboxylic acids is 1. The van der Waals surface area contributed by atoms with Crippen LogP contribution in [0.4, 0.5) is 4.79 Å². The van der Waals surface area contributed by atoms with Crippen molar-refractivity contribution in [3.63, 3.8) is 0 Å². The molecule has 7 heteroatoms. The molecular weight excluding hydrogens is 327 g/mol. The summed E-state index contributed by atoms with van der Waals surface area (Å²) in [5.74, 6) is 0.658. The molecule has 5 nitrogen and oxygen atoms in total. The van der Waals surface area contributed by atoms with Crippen LogP contribution in [0.1, 0.15) is 13.3 Å². The third-order valence-corrected chi connectivity index (χ3v) is 4.55. The van der Waals surface area contributed by atoms with Crippen LogP contribution in [0.15, 0.2) is 18.2 Å². The Bertz CT molecular complexity index is 526. The molecule has 2 atom stereocenters. The standard InChI is InChI=1S/C15H20Cl2N2O3/c1-10(20)11-5-7-19(9-11)15(21)18-6-8-22-13-4-2-3-12(16)14(13)17/h2-4,10-11,20H,5-9H2,1H3,(H,18,21)/t10-,11-/m0/s1. The average Bonchev–Trinajstić information content (AvgIpc) is 2.97. The van der Waals surface area contributed by atoms with Gasteiger partial charge in [-0.3, -0.25) is 0 Å². The minimum atomic E-state index is -0.383. The summed E-state index contributed by atoms with van der Waals surface area (Å²) in [6.07, 6.45) is 0.450. The summed E-state index contributed by atoms with van der Waals surface area (Å²) < 4.78 is 5.50. The van der Waals surface area contributed by atoms with Crippen LogP contribution in [0.25, 0.3) is 0 Å². The van der Waals surface area contributed by atoms with E-state index in [9.17, 15) is 9.90 Å². The lowest BCUT2D eigenvalue weighted by Crippen LogP contribution is -2.40. The minimum absolute atomic E-state index is 0.135. The number of hydrogen-bond donors (Lipinski definition) is 2. The molecule has 2 rings (SSSR count). The number of halogens is 2. The number of ether oxygens (including phenoxy) is 1. The van der Waals surface area contributed by atoms with E-state index in [1.807, 2.05) is 0 Å². The van der Waals surface area contributed by atoms with Gasteiger partial charge in [0.25, 0.3) is 0 Å². The SMILES string of the molecule is C[C@H](O)[C@H]1CCN(C(=O)NCCOc2cccc(Cl)c2Cl)C1. The molecule has 0 aliphatic carbocycles. The Morgan fingerprint density at radius 1 is 1.55 bits per heavy atom. The molecule has 0 spiro atoms. The number of urea groups is 1. The number of nitrogens with zero attached hydrogens (tertiary/aromatic N) is 1. The molecule has 1 heterocycles. The smallest absolute Gasteiger partial charge is 0.317 e. The van der Waals surface area contributed by atoms with E-state index < -0.39 is 0 Å². The summed E-state index contributed by atoms with van der Waals surface area (Å²) in [7, 11) is 0. The van der Waals surface area contributed by atoms with Gasteiger partial charge in [0.15, 0.2) is 0 Å². The lowest BCUT2D eigenvalue weighted by Gasteiger charge is -2.18. The maximum Gasteiger partial charge on any atom is 0.317 e. The van der Waals surface area contributed by atoms with Crippen molar-refractivity contribution in [2.75, 3.05) is 26.2 Å². The molecule has 0 saturated carbocycles. The first-order valence-electron chi connectivity index (χ1n) is 7.26. The molecule has 1 aromatic carbocycles. The Balaban J connectivity index is 1.71. The lowest BCUT2D eigenvalue weighted by molar-refractivity contribution is 0.129. The molecule has 22 heavy (non-hydrogen) atoms. The van der Waals surface area contributed by atoms with E-state index in [0.717, 1.165) is 6.42 Å². The Hall–Kier alpha value is -1.17. The van der Waals surface area contributed by atoms with Gasteiger partial charge < -0.3 is 20.1 Å².